The van der Waals surface area contributed by atoms with Gasteiger partial charge in [0.1, 0.15) is 0 Å². The molecular formula is C13H20N2O2S. The van der Waals surface area contributed by atoms with E-state index in [1.807, 2.05) is 13.0 Å². The number of carboxylic acid groups (broad SMARTS) is 1. The van der Waals surface area contributed by atoms with E-state index in [0.29, 0.717) is 11.7 Å². The van der Waals surface area contributed by atoms with Crippen molar-refractivity contribution in [2.75, 3.05) is 23.1 Å². The first-order valence-corrected chi connectivity index (χ1v) is 7.24. The molecule has 18 heavy (non-hydrogen) atoms. The van der Waals surface area contributed by atoms with Crippen molar-refractivity contribution < 1.29 is 9.90 Å². The van der Waals surface area contributed by atoms with Gasteiger partial charge in [-0.15, -0.1) is 0 Å². The van der Waals surface area contributed by atoms with Crippen LogP contribution in [0.2, 0.25) is 0 Å². The topological polar surface area (TPSA) is 75.3 Å². The van der Waals surface area contributed by atoms with Crippen LogP contribution in [0.25, 0.3) is 0 Å². The number of nitrogens with two attached hydrogens (primary N) is 1. The van der Waals surface area contributed by atoms with Gasteiger partial charge in [-0.1, -0.05) is 0 Å². The van der Waals surface area contributed by atoms with Crippen LogP contribution < -0.4 is 11.1 Å². The Bertz CT molecular complexity index is 435. The molecule has 0 spiro atoms. The molecule has 100 valence electrons. The molecule has 0 saturated carbocycles. The van der Waals surface area contributed by atoms with Crippen molar-refractivity contribution in [3.8, 4) is 0 Å². The fourth-order valence-corrected chi connectivity index (χ4v) is 2.30. The third-order valence-electron chi connectivity index (χ3n) is 2.79. The Kier molecular flexibility index (Phi) is 5.34. The van der Waals surface area contributed by atoms with Crippen LogP contribution in [0.3, 0.4) is 0 Å². The van der Waals surface area contributed by atoms with Gasteiger partial charge in [-0.2, -0.15) is 11.8 Å². The van der Waals surface area contributed by atoms with Crippen LogP contribution in [0, 0.1) is 6.92 Å². The van der Waals surface area contributed by atoms with Crippen molar-refractivity contribution >= 4 is 29.1 Å². The maximum absolute atomic E-state index is 11.1. The summed E-state index contributed by atoms with van der Waals surface area (Å²) in [6.07, 6.45) is 3.11. The number of carbonyl (C=O) groups is 1. The monoisotopic (exact) mass is 268 g/mol. The summed E-state index contributed by atoms with van der Waals surface area (Å²) < 4.78 is 0. The van der Waals surface area contributed by atoms with Crippen LogP contribution in [0.15, 0.2) is 12.1 Å². The number of hydrogen-bond acceptors (Lipinski definition) is 4. The van der Waals surface area contributed by atoms with E-state index in [9.17, 15) is 4.79 Å². The summed E-state index contributed by atoms with van der Waals surface area (Å²) in [7, 11) is 0. The van der Waals surface area contributed by atoms with Crippen LogP contribution in [0.5, 0.6) is 0 Å². The molecule has 1 rings (SSSR count). The average Bonchev–Trinajstić information content (AvgIpc) is 2.30. The minimum atomic E-state index is -0.990. The van der Waals surface area contributed by atoms with E-state index in [1.165, 1.54) is 0 Å². The number of rotatable bonds is 6. The van der Waals surface area contributed by atoms with Gasteiger partial charge in [0.2, 0.25) is 0 Å². The van der Waals surface area contributed by atoms with Gasteiger partial charge in [0, 0.05) is 17.4 Å². The largest absolute Gasteiger partial charge is 0.478 e. The standard InChI is InChI=1S/C13H20N2O2S/c1-8-6-10(15-9(2)4-5-18-3)7-11(12(8)14)13(16)17/h6-7,9,15H,4-5,14H2,1-3H3,(H,16,17). The predicted molar refractivity (Wildman–Crippen MR) is 78.6 cm³/mol. The van der Waals surface area contributed by atoms with Gasteiger partial charge < -0.3 is 16.2 Å². The SMILES string of the molecule is CSCCC(C)Nc1cc(C)c(N)c(C(=O)O)c1. The number of anilines is 2. The van der Waals surface area contributed by atoms with Crippen LogP contribution in [0.1, 0.15) is 29.3 Å². The average molecular weight is 268 g/mol. The number of nitrogen functional groups attached to an aromatic ring is 1. The first-order chi connectivity index (χ1) is 8.45. The zero-order valence-electron chi connectivity index (χ0n) is 11.0. The van der Waals surface area contributed by atoms with Crippen LogP contribution in [-0.2, 0) is 0 Å². The lowest BCUT2D eigenvalue weighted by Gasteiger charge is -2.16. The first kappa shape index (κ1) is 14.7. The summed E-state index contributed by atoms with van der Waals surface area (Å²) in [4.78, 5) is 11.1. The molecule has 0 amide bonds. The molecule has 0 aliphatic rings. The zero-order chi connectivity index (χ0) is 13.7. The number of carboxylic acids is 1. The van der Waals surface area contributed by atoms with E-state index < -0.39 is 5.97 Å². The highest BCUT2D eigenvalue weighted by molar-refractivity contribution is 7.98. The zero-order valence-corrected chi connectivity index (χ0v) is 11.8. The summed E-state index contributed by atoms with van der Waals surface area (Å²) in [5.41, 5.74) is 7.85. The Labute approximate surface area is 112 Å². The van der Waals surface area contributed by atoms with Crippen molar-refractivity contribution in [1.82, 2.24) is 0 Å². The molecule has 1 unspecified atom stereocenters. The number of aromatic carboxylic acids is 1. The van der Waals surface area contributed by atoms with Gasteiger partial charge in [0.15, 0.2) is 0 Å². The molecule has 0 bridgehead atoms. The highest BCUT2D eigenvalue weighted by Crippen LogP contribution is 2.23. The summed E-state index contributed by atoms with van der Waals surface area (Å²) in [5.74, 6) is 0.0875. The van der Waals surface area contributed by atoms with Gasteiger partial charge >= 0.3 is 5.97 Å². The Balaban J connectivity index is 2.87. The molecule has 0 aliphatic heterocycles. The number of aryl methyl sites for hydroxylation is 1. The van der Waals surface area contributed by atoms with Crippen LogP contribution in [-0.4, -0.2) is 29.1 Å². The second kappa shape index (κ2) is 6.54. The van der Waals surface area contributed by atoms with Crippen molar-refractivity contribution in [1.29, 1.82) is 0 Å². The van der Waals surface area contributed by atoms with Crippen LogP contribution >= 0.6 is 11.8 Å². The Morgan fingerprint density at radius 2 is 2.22 bits per heavy atom. The number of benzene rings is 1. The molecule has 0 heterocycles. The molecule has 4 nitrogen and oxygen atoms in total. The molecule has 1 atom stereocenters. The molecule has 0 aliphatic carbocycles. The van der Waals surface area contributed by atoms with Gasteiger partial charge in [0.25, 0.3) is 0 Å². The third-order valence-corrected chi connectivity index (χ3v) is 3.43. The van der Waals surface area contributed by atoms with Crippen molar-refractivity contribution in [2.24, 2.45) is 0 Å². The van der Waals surface area contributed by atoms with E-state index >= 15 is 0 Å². The summed E-state index contributed by atoms with van der Waals surface area (Å²) in [6.45, 7) is 3.90. The molecule has 4 N–H and O–H groups in total. The maximum Gasteiger partial charge on any atom is 0.337 e. The molecule has 5 heteroatoms. The Hall–Kier alpha value is -1.36. The highest BCUT2D eigenvalue weighted by atomic mass is 32.2. The maximum atomic E-state index is 11.1. The van der Waals surface area contributed by atoms with Gasteiger partial charge in [-0.25, -0.2) is 4.79 Å². The Morgan fingerprint density at radius 1 is 1.56 bits per heavy atom. The fraction of sp³-hybridized carbons (Fsp3) is 0.462. The van der Waals surface area contributed by atoms with Crippen LogP contribution in [0.4, 0.5) is 11.4 Å². The van der Waals surface area contributed by atoms with Crippen molar-refractivity contribution in [3.05, 3.63) is 23.3 Å². The van der Waals surface area contributed by atoms with E-state index in [2.05, 4.69) is 18.5 Å². The third kappa shape index (κ3) is 3.84. The molecule has 0 saturated heterocycles. The summed E-state index contributed by atoms with van der Waals surface area (Å²) >= 11 is 1.80. The molecule has 1 aromatic rings. The first-order valence-electron chi connectivity index (χ1n) is 5.84. The lowest BCUT2D eigenvalue weighted by molar-refractivity contribution is 0.0698. The number of nitrogens with one attached hydrogen (secondary N) is 1. The quantitative estimate of drug-likeness (QED) is 0.692. The normalized spacial score (nSPS) is 12.2. The number of hydrogen-bond donors (Lipinski definition) is 3. The Morgan fingerprint density at radius 3 is 2.78 bits per heavy atom. The van der Waals surface area contributed by atoms with Gasteiger partial charge in [-0.3, -0.25) is 0 Å². The summed E-state index contributed by atoms with van der Waals surface area (Å²) in [5, 5.41) is 12.4. The highest BCUT2D eigenvalue weighted by Gasteiger charge is 2.12. The van der Waals surface area contributed by atoms with Crippen molar-refractivity contribution in [3.63, 3.8) is 0 Å². The van der Waals surface area contributed by atoms with E-state index in [0.717, 1.165) is 23.4 Å². The number of thioether (sulfide) groups is 1. The molecule has 0 radical (unpaired) electrons. The second-order valence-electron chi connectivity index (χ2n) is 4.39. The molecule has 0 fully saturated rings. The molecular weight excluding hydrogens is 248 g/mol. The van der Waals surface area contributed by atoms with Crippen molar-refractivity contribution in [2.45, 2.75) is 26.3 Å². The lowest BCUT2D eigenvalue weighted by Crippen LogP contribution is -2.17. The minimum Gasteiger partial charge on any atom is -0.478 e. The summed E-state index contributed by atoms with van der Waals surface area (Å²) in [6, 6.07) is 3.79. The van der Waals surface area contributed by atoms with E-state index in [-0.39, 0.29) is 5.56 Å². The molecule has 1 aromatic carbocycles. The van der Waals surface area contributed by atoms with Gasteiger partial charge in [0.05, 0.1) is 5.56 Å². The molecule has 0 aromatic heterocycles. The van der Waals surface area contributed by atoms with E-state index in [4.69, 9.17) is 10.8 Å². The van der Waals surface area contributed by atoms with Gasteiger partial charge in [-0.05, 0) is 50.0 Å². The fourth-order valence-electron chi connectivity index (χ4n) is 1.71. The second-order valence-corrected chi connectivity index (χ2v) is 5.37. The minimum absolute atomic E-state index is 0.162. The van der Waals surface area contributed by atoms with E-state index in [1.54, 1.807) is 17.8 Å². The predicted octanol–water partition coefficient (Wildman–Crippen LogP) is 2.83. The smallest absolute Gasteiger partial charge is 0.337 e. The lowest BCUT2D eigenvalue weighted by atomic mass is 10.1.